The molecule has 0 radical (unpaired) electrons. The van der Waals surface area contributed by atoms with Crippen LogP contribution >= 0.6 is 0 Å². The summed E-state index contributed by atoms with van der Waals surface area (Å²) in [5, 5.41) is 31.6. The Kier molecular flexibility index (Phi) is 4.43. The van der Waals surface area contributed by atoms with Gasteiger partial charge in [-0.25, -0.2) is 0 Å². The van der Waals surface area contributed by atoms with Crippen LogP contribution in [0.15, 0.2) is 18.2 Å². The Labute approximate surface area is 98.6 Å². The Hall–Kier alpha value is -2.13. The fourth-order valence-electron chi connectivity index (χ4n) is 1.27. The molecule has 0 aliphatic heterocycles. The van der Waals surface area contributed by atoms with E-state index in [0.29, 0.717) is 18.7 Å². The minimum Gasteiger partial charge on any atom is -0.391 e. The van der Waals surface area contributed by atoms with E-state index in [4.69, 9.17) is 5.26 Å². The molecule has 1 rings (SSSR count). The van der Waals surface area contributed by atoms with Crippen molar-refractivity contribution in [3.8, 4) is 6.07 Å². The van der Waals surface area contributed by atoms with E-state index in [9.17, 15) is 15.2 Å². The number of nitriles is 1. The molecule has 1 aromatic rings. The average Bonchev–Trinajstić information content (AvgIpc) is 2.35. The predicted octanol–water partition coefficient (Wildman–Crippen LogP) is 1.65. The summed E-state index contributed by atoms with van der Waals surface area (Å²) in [6.45, 7) is 2.20. The second-order valence-electron chi connectivity index (χ2n) is 3.54. The molecule has 0 aliphatic carbocycles. The summed E-state index contributed by atoms with van der Waals surface area (Å²) in [5.41, 5.74) is 0.375. The smallest absolute Gasteiger partial charge is 0.287 e. The van der Waals surface area contributed by atoms with Crippen LogP contribution < -0.4 is 5.32 Å². The lowest BCUT2D eigenvalue weighted by molar-refractivity contribution is -0.385. The Bertz CT molecular complexity index is 454. The number of nitrogens with zero attached hydrogens (tertiary/aromatic N) is 2. The lowest BCUT2D eigenvalue weighted by Crippen LogP contribution is -2.18. The van der Waals surface area contributed by atoms with E-state index in [1.165, 1.54) is 18.2 Å². The van der Waals surface area contributed by atoms with Crippen LogP contribution in [0, 0.1) is 21.4 Å². The second kappa shape index (κ2) is 5.82. The third-order valence-corrected chi connectivity index (χ3v) is 2.33. The van der Waals surface area contributed by atoms with E-state index >= 15 is 0 Å². The van der Waals surface area contributed by atoms with E-state index in [1.54, 1.807) is 6.07 Å². The van der Waals surface area contributed by atoms with Crippen molar-refractivity contribution in [2.24, 2.45) is 0 Å². The summed E-state index contributed by atoms with van der Waals surface area (Å²) in [7, 11) is 0. The van der Waals surface area contributed by atoms with Crippen LogP contribution in [-0.4, -0.2) is 22.7 Å². The average molecular weight is 235 g/mol. The number of nitro benzene ring substituents is 1. The van der Waals surface area contributed by atoms with Gasteiger partial charge in [-0.3, -0.25) is 10.1 Å². The maximum atomic E-state index is 10.6. The predicted molar refractivity (Wildman–Crippen MR) is 62.6 cm³/mol. The zero-order chi connectivity index (χ0) is 12.8. The van der Waals surface area contributed by atoms with Crippen molar-refractivity contribution < 1.29 is 10.0 Å². The van der Waals surface area contributed by atoms with Crippen LogP contribution in [0.4, 0.5) is 11.4 Å². The van der Waals surface area contributed by atoms with Gasteiger partial charge in [-0.2, -0.15) is 5.26 Å². The minimum absolute atomic E-state index is 0.00554. The molecule has 0 saturated carbocycles. The number of nitro groups is 1. The summed E-state index contributed by atoms with van der Waals surface area (Å²) in [4.78, 5) is 10.0. The molecule has 0 aliphatic rings. The molecule has 0 amide bonds. The first kappa shape index (κ1) is 12.9. The van der Waals surface area contributed by atoms with E-state index in [1.807, 2.05) is 6.92 Å². The molecule has 0 saturated heterocycles. The van der Waals surface area contributed by atoms with Gasteiger partial charge in [-0.1, -0.05) is 6.92 Å². The Morgan fingerprint density at radius 3 is 2.88 bits per heavy atom. The maximum Gasteiger partial charge on any atom is 0.287 e. The number of nitrogens with one attached hydrogen (secondary N) is 1. The van der Waals surface area contributed by atoms with Gasteiger partial charge in [0.05, 0.1) is 11.0 Å². The Morgan fingerprint density at radius 2 is 2.35 bits per heavy atom. The third kappa shape index (κ3) is 3.43. The first-order chi connectivity index (χ1) is 8.08. The molecule has 6 heteroatoms. The highest BCUT2D eigenvalue weighted by Crippen LogP contribution is 2.21. The Balaban J connectivity index is 2.84. The molecular weight excluding hydrogens is 222 g/mol. The van der Waals surface area contributed by atoms with Crippen molar-refractivity contribution in [1.82, 2.24) is 0 Å². The quantitative estimate of drug-likeness (QED) is 0.597. The van der Waals surface area contributed by atoms with Crippen molar-refractivity contribution in [1.29, 1.82) is 5.26 Å². The van der Waals surface area contributed by atoms with Crippen LogP contribution in [-0.2, 0) is 0 Å². The lowest BCUT2D eigenvalue weighted by atomic mass is 10.1. The normalized spacial score (nSPS) is 11.6. The second-order valence-corrected chi connectivity index (χ2v) is 3.54. The summed E-state index contributed by atoms with van der Waals surface area (Å²) in [6.07, 6.45) is 0.140. The van der Waals surface area contributed by atoms with E-state index < -0.39 is 11.0 Å². The number of benzene rings is 1. The summed E-state index contributed by atoms with van der Waals surface area (Å²) < 4.78 is 0. The van der Waals surface area contributed by atoms with Crippen molar-refractivity contribution >= 4 is 11.4 Å². The van der Waals surface area contributed by atoms with Gasteiger partial charge in [-0.15, -0.1) is 0 Å². The standard InChI is InChI=1S/C11H13N3O3/c1-2-10(15)7-13-9-3-4-11(14(16)17)8(5-9)6-12/h3-5,10,13,15H,2,7H2,1H3. The minimum atomic E-state index is -0.594. The van der Waals surface area contributed by atoms with Gasteiger partial charge < -0.3 is 10.4 Å². The molecule has 0 heterocycles. The fourth-order valence-corrected chi connectivity index (χ4v) is 1.27. The van der Waals surface area contributed by atoms with E-state index in [0.717, 1.165) is 0 Å². The molecule has 1 aromatic carbocycles. The van der Waals surface area contributed by atoms with Gasteiger partial charge in [-0.05, 0) is 18.6 Å². The van der Waals surface area contributed by atoms with E-state index in [-0.39, 0.29) is 11.3 Å². The molecule has 0 spiro atoms. The highest BCUT2D eigenvalue weighted by atomic mass is 16.6. The molecule has 1 unspecified atom stereocenters. The topological polar surface area (TPSA) is 99.2 Å². The lowest BCUT2D eigenvalue weighted by Gasteiger charge is -2.10. The van der Waals surface area contributed by atoms with Crippen LogP contribution in [0.25, 0.3) is 0 Å². The first-order valence-electron chi connectivity index (χ1n) is 5.19. The maximum absolute atomic E-state index is 10.6. The van der Waals surface area contributed by atoms with Gasteiger partial charge in [0.15, 0.2) is 0 Å². The summed E-state index contributed by atoms with van der Waals surface area (Å²) in [5.74, 6) is 0. The number of aliphatic hydroxyl groups is 1. The zero-order valence-electron chi connectivity index (χ0n) is 9.38. The molecule has 2 N–H and O–H groups in total. The number of aliphatic hydroxyl groups excluding tert-OH is 1. The molecule has 0 fully saturated rings. The highest BCUT2D eigenvalue weighted by Gasteiger charge is 2.13. The van der Waals surface area contributed by atoms with Crippen LogP contribution in [0.1, 0.15) is 18.9 Å². The third-order valence-electron chi connectivity index (χ3n) is 2.33. The van der Waals surface area contributed by atoms with Gasteiger partial charge >= 0.3 is 0 Å². The molecule has 90 valence electrons. The molecule has 6 nitrogen and oxygen atoms in total. The highest BCUT2D eigenvalue weighted by molar-refractivity contribution is 5.58. The van der Waals surface area contributed by atoms with Crippen molar-refractivity contribution in [2.45, 2.75) is 19.4 Å². The van der Waals surface area contributed by atoms with Crippen molar-refractivity contribution in [3.63, 3.8) is 0 Å². The van der Waals surface area contributed by atoms with Crippen LogP contribution in [0.5, 0.6) is 0 Å². The molecule has 17 heavy (non-hydrogen) atoms. The number of hydrogen-bond donors (Lipinski definition) is 2. The van der Waals surface area contributed by atoms with Gasteiger partial charge in [0.25, 0.3) is 5.69 Å². The summed E-state index contributed by atoms with van der Waals surface area (Å²) in [6, 6.07) is 5.97. The number of hydrogen-bond acceptors (Lipinski definition) is 5. The molecule has 1 atom stereocenters. The van der Waals surface area contributed by atoms with Crippen molar-refractivity contribution in [3.05, 3.63) is 33.9 Å². The molecule has 0 bridgehead atoms. The first-order valence-corrected chi connectivity index (χ1v) is 5.19. The van der Waals surface area contributed by atoms with Gasteiger partial charge in [0.2, 0.25) is 0 Å². The number of rotatable bonds is 5. The van der Waals surface area contributed by atoms with Crippen molar-refractivity contribution in [2.75, 3.05) is 11.9 Å². The van der Waals surface area contributed by atoms with Crippen LogP contribution in [0.3, 0.4) is 0 Å². The largest absolute Gasteiger partial charge is 0.391 e. The van der Waals surface area contributed by atoms with E-state index in [2.05, 4.69) is 5.32 Å². The van der Waals surface area contributed by atoms with Crippen LogP contribution in [0.2, 0.25) is 0 Å². The molecule has 0 aromatic heterocycles. The van der Waals surface area contributed by atoms with Gasteiger partial charge in [0.1, 0.15) is 11.6 Å². The zero-order valence-corrected chi connectivity index (χ0v) is 9.38. The van der Waals surface area contributed by atoms with Gasteiger partial charge in [0, 0.05) is 18.3 Å². The monoisotopic (exact) mass is 235 g/mol. The fraction of sp³-hybridized carbons (Fsp3) is 0.364. The molecular formula is C11H13N3O3. The number of anilines is 1. The SMILES string of the molecule is CCC(O)CNc1ccc([N+](=O)[O-])c(C#N)c1. The summed E-state index contributed by atoms with van der Waals surface area (Å²) >= 11 is 0. The Morgan fingerprint density at radius 1 is 1.65 bits per heavy atom.